The highest BCUT2D eigenvalue weighted by Gasteiger charge is 2.06. The summed E-state index contributed by atoms with van der Waals surface area (Å²) in [5, 5.41) is 9.07. The lowest BCUT2D eigenvalue weighted by Crippen LogP contribution is -2.08. The van der Waals surface area contributed by atoms with Crippen molar-refractivity contribution < 1.29 is 4.74 Å². The molecule has 0 aromatic heterocycles. The molecule has 0 aliphatic heterocycles. The summed E-state index contributed by atoms with van der Waals surface area (Å²) in [5.74, 6) is 1.19. The Kier molecular flexibility index (Phi) is 3.58. The fraction of sp³-hybridized carbons (Fsp3) is 0.133. The number of rotatable bonds is 3. The number of nitrogens with zero attached hydrogens (tertiary/aromatic N) is 2. The second-order valence-corrected chi connectivity index (χ2v) is 4.36. The maximum Gasteiger partial charge on any atom is 0.145 e. The van der Waals surface area contributed by atoms with Gasteiger partial charge in [0.15, 0.2) is 0 Å². The molecule has 0 saturated carbocycles. The number of benzene rings is 2. The Morgan fingerprint density at radius 1 is 1.16 bits per heavy atom. The second-order valence-electron chi connectivity index (χ2n) is 4.36. The summed E-state index contributed by atoms with van der Waals surface area (Å²) in [6.45, 7) is 0. The van der Waals surface area contributed by atoms with Crippen LogP contribution in [0.2, 0.25) is 0 Å². The minimum atomic E-state index is 0.426. The SMILES string of the molecule is CN(C)c1cccc(Oc2ccc(N)cc2C#N)c1. The zero-order valence-corrected chi connectivity index (χ0v) is 10.9. The van der Waals surface area contributed by atoms with Gasteiger partial charge in [-0.1, -0.05) is 6.07 Å². The van der Waals surface area contributed by atoms with Gasteiger partial charge in [0.2, 0.25) is 0 Å². The predicted molar refractivity (Wildman–Crippen MR) is 76.4 cm³/mol. The van der Waals surface area contributed by atoms with Gasteiger partial charge in [0.25, 0.3) is 0 Å². The van der Waals surface area contributed by atoms with Gasteiger partial charge in [-0.2, -0.15) is 5.26 Å². The summed E-state index contributed by atoms with van der Waals surface area (Å²) in [4.78, 5) is 1.99. The molecule has 0 aliphatic carbocycles. The van der Waals surface area contributed by atoms with Crippen molar-refractivity contribution in [3.63, 3.8) is 0 Å². The minimum absolute atomic E-state index is 0.426. The predicted octanol–water partition coefficient (Wildman–Crippen LogP) is 3.00. The summed E-state index contributed by atoms with van der Waals surface area (Å²) >= 11 is 0. The zero-order valence-electron chi connectivity index (χ0n) is 10.9. The molecule has 2 rings (SSSR count). The highest BCUT2D eigenvalue weighted by atomic mass is 16.5. The summed E-state index contributed by atoms with van der Waals surface area (Å²) in [6.07, 6.45) is 0. The van der Waals surface area contributed by atoms with Crippen LogP contribution in [0.15, 0.2) is 42.5 Å². The first-order chi connectivity index (χ1) is 9.10. The maximum atomic E-state index is 9.07. The van der Waals surface area contributed by atoms with Crippen LogP contribution in [-0.2, 0) is 0 Å². The third kappa shape index (κ3) is 2.96. The van der Waals surface area contributed by atoms with E-state index in [4.69, 9.17) is 15.7 Å². The molecule has 4 heteroatoms. The van der Waals surface area contributed by atoms with E-state index in [1.54, 1.807) is 18.2 Å². The molecule has 0 spiro atoms. The van der Waals surface area contributed by atoms with E-state index in [0.29, 0.717) is 22.7 Å². The molecule has 4 nitrogen and oxygen atoms in total. The fourth-order valence-electron chi connectivity index (χ4n) is 1.68. The van der Waals surface area contributed by atoms with E-state index in [-0.39, 0.29) is 0 Å². The van der Waals surface area contributed by atoms with Crippen LogP contribution in [0.1, 0.15) is 5.56 Å². The molecule has 0 bridgehead atoms. The van der Waals surface area contributed by atoms with Crippen molar-refractivity contribution >= 4 is 11.4 Å². The van der Waals surface area contributed by atoms with Crippen molar-refractivity contribution in [3.05, 3.63) is 48.0 Å². The molecule has 0 amide bonds. The van der Waals surface area contributed by atoms with E-state index in [2.05, 4.69) is 6.07 Å². The molecule has 2 N–H and O–H groups in total. The van der Waals surface area contributed by atoms with Crippen molar-refractivity contribution in [2.75, 3.05) is 24.7 Å². The molecule has 0 aliphatic rings. The number of anilines is 2. The molecule has 96 valence electrons. The summed E-state index contributed by atoms with van der Waals surface area (Å²) < 4.78 is 5.74. The lowest BCUT2D eigenvalue weighted by Gasteiger charge is -2.14. The number of nitriles is 1. The van der Waals surface area contributed by atoms with Crippen LogP contribution in [0.3, 0.4) is 0 Å². The average molecular weight is 253 g/mol. The molecule has 0 radical (unpaired) electrons. The Morgan fingerprint density at radius 3 is 2.63 bits per heavy atom. The Morgan fingerprint density at radius 2 is 1.95 bits per heavy atom. The summed E-state index contributed by atoms with van der Waals surface area (Å²) in [6, 6.07) is 14.8. The molecular formula is C15H15N3O. The van der Waals surface area contributed by atoms with Crippen molar-refractivity contribution in [2.24, 2.45) is 0 Å². The number of nitrogens with two attached hydrogens (primary N) is 1. The molecule has 0 fully saturated rings. The van der Waals surface area contributed by atoms with E-state index in [0.717, 1.165) is 5.69 Å². The van der Waals surface area contributed by atoms with Gasteiger partial charge in [0, 0.05) is 31.5 Å². The smallest absolute Gasteiger partial charge is 0.145 e. The number of hydrogen-bond donors (Lipinski definition) is 1. The number of nitrogen functional groups attached to an aromatic ring is 1. The first-order valence-electron chi connectivity index (χ1n) is 5.85. The van der Waals surface area contributed by atoms with Gasteiger partial charge in [-0.05, 0) is 30.3 Å². The van der Waals surface area contributed by atoms with Crippen molar-refractivity contribution in [3.8, 4) is 17.6 Å². The van der Waals surface area contributed by atoms with Gasteiger partial charge in [-0.25, -0.2) is 0 Å². The highest BCUT2D eigenvalue weighted by molar-refractivity contribution is 5.55. The van der Waals surface area contributed by atoms with E-state index < -0.39 is 0 Å². The monoisotopic (exact) mass is 253 g/mol. The molecule has 0 saturated heterocycles. The molecule has 2 aromatic carbocycles. The van der Waals surface area contributed by atoms with E-state index in [9.17, 15) is 0 Å². The average Bonchev–Trinajstić information content (AvgIpc) is 2.41. The molecule has 2 aromatic rings. The molecule has 0 atom stereocenters. The van der Waals surface area contributed by atoms with E-state index >= 15 is 0 Å². The summed E-state index contributed by atoms with van der Waals surface area (Å²) in [7, 11) is 3.92. The van der Waals surface area contributed by atoms with Gasteiger partial charge in [-0.15, -0.1) is 0 Å². The van der Waals surface area contributed by atoms with Crippen LogP contribution in [-0.4, -0.2) is 14.1 Å². The van der Waals surface area contributed by atoms with Gasteiger partial charge in [0.05, 0.1) is 5.56 Å². The Bertz CT molecular complexity index is 630. The third-order valence-corrected chi connectivity index (χ3v) is 2.69. The topological polar surface area (TPSA) is 62.3 Å². The quantitative estimate of drug-likeness (QED) is 0.854. The first kappa shape index (κ1) is 12.8. The van der Waals surface area contributed by atoms with Gasteiger partial charge < -0.3 is 15.4 Å². The number of hydrogen-bond acceptors (Lipinski definition) is 4. The minimum Gasteiger partial charge on any atom is -0.456 e. The van der Waals surface area contributed by atoms with Gasteiger partial charge in [0.1, 0.15) is 17.6 Å². The standard InChI is InChI=1S/C15H15N3O/c1-18(2)13-4-3-5-14(9-13)19-15-7-6-12(17)8-11(15)10-16/h3-9H,17H2,1-2H3. The third-order valence-electron chi connectivity index (χ3n) is 2.69. The van der Waals surface area contributed by atoms with Crippen LogP contribution in [0.25, 0.3) is 0 Å². The second kappa shape index (κ2) is 5.32. The van der Waals surface area contributed by atoms with Crippen LogP contribution >= 0.6 is 0 Å². The van der Waals surface area contributed by atoms with Crippen molar-refractivity contribution in [1.29, 1.82) is 5.26 Å². The molecule has 19 heavy (non-hydrogen) atoms. The van der Waals surface area contributed by atoms with E-state index in [1.165, 1.54) is 0 Å². The van der Waals surface area contributed by atoms with Crippen molar-refractivity contribution in [2.45, 2.75) is 0 Å². The Labute approximate surface area is 112 Å². The van der Waals surface area contributed by atoms with Crippen LogP contribution in [0.5, 0.6) is 11.5 Å². The lowest BCUT2D eigenvalue weighted by molar-refractivity contribution is 0.481. The fourth-order valence-corrected chi connectivity index (χ4v) is 1.68. The molecular weight excluding hydrogens is 238 g/mol. The van der Waals surface area contributed by atoms with Gasteiger partial charge in [-0.3, -0.25) is 0 Å². The number of ether oxygens (including phenoxy) is 1. The summed E-state index contributed by atoms with van der Waals surface area (Å²) in [5.41, 5.74) is 7.65. The molecule has 0 heterocycles. The normalized spacial score (nSPS) is 9.74. The van der Waals surface area contributed by atoms with Crippen LogP contribution < -0.4 is 15.4 Å². The Hall–Kier alpha value is -2.67. The van der Waals surface area contributed by atoms with Crippen molar-refractivity contribution in [1.82, 2.24) is 0 Å². The molecule has 0 unspecified atom stereocenters. The van der Waals surface area contributed by atoms with E-state index in [1.807, 2.05) is 43.3 Å². The largest absolute Gasteiger partial charge is 0.456 e. The van der Waals surface area contributed by atoms with Crippen LogP contribution in [0, 0.1) is 11.3 Å². The maximum absolute atomic E-state index is 9.07. The van der Waals surface area contributed by atoms with Gasteiger partial charge >= 0.3 is 0 Å². The first-order valence-corrected chi connectivity index (χ1v) is 5.85. The Balaban J connectivity index is 2.31. The lowest BCUT2D eigenvalue weighted by atomic mass is 10.2. The highest BCUT2D eigenvalue weighted by Crippen LogP contribution is 2.28. The van der Waals surface area contributed by atoms with Crippen LogP contribution in [0.4, 0.5) is 11.4 Å². The zero-order chi connectivity index (χ0) is 13.8.